The van der Waals surface area contributed by atoms with E-state index < -0.39 is 0 Å². The van der Waals surface area contributed by atoms with Crippen molar-refractivity contribution in [3.05, 3.63) is 70.6 Å². The van der Waals surface area contributed by atoms with Gasteiger partial charge in [0.1, 0.15) is 11.8 Å². The van der Waals surface area contributed by atoms with E-state index in [4.69, 9.17) is 21.1 Å². The average molecular weight is 470 g/mol. The Morgan fingerprint density at radius 1 is 1.16 bits per heavy atom. The fourth-order valence-corrected chi connectivity index (χ4v) is 5.04. The predicted octanol–water partition coefficient (Wildman–Crippen LogP) is 4.28. The molecular formula is C23H24ClN5O2S. The number of amides is 1. The van der Waals surface area contributed by atoms with Crippen LogP contribution in [-0.4, -0.2) is 59.2 Å². The second-order valence-corrected chi connectivity index (χ2v) is 9.27. The number of aromatic nitrogens is 1. The fourth-order valence-electron chi connectivity index (χ4n) is 4.22. The summed E-state index contributed by atoms with van der Waals surface area (Å²) in [5.74, 6) is 0.731. The zero-order valence-corrected chi connectivity index (χ0v) is 19.1. The molecule has 0 saturated carbocycles. The van der Waals surface area contributed by atoms with Crippen LogP contribution in [0.4, 0.5) is 5.13 Å². The molecule has 1 saturated heterocycles. The van der Waals surface area contributed by atoms with Crippen molar-refractivity contribution in [3.63, 3.8) is 0 Å². The molecule has 0 aliphatic carbocycles. The smallest absolute Gasteiger partial charge is 0.257 e. The summed E-state index contributed by atoms with van der Waals surface area (Å²) in [4.78, 5) is 22.3. The lowest BCUT2D eigenvalue weighted by Gasteiger charge is -2.25. The van der Waals surface area contributed by atoms with Crippen molar-refractivity contribution >= 4 is 39.7 Å². The molecule has 3 aromatic rings. The van der Waals surface area contributed by atoms with Gasteiger partial charge in [-0.2, -0.15) is 5.10 Å². The summed E-state index contributed by atoms with van der Waals surface area (Å²) in [6, 6.07) is 11.1. The molecule has 0 bridgehead atoms. The summed E-state index contributed by atoms with van der Waals surface area (Å²) < 4.78 is 5.65. The molecule has 1 unspecified atom stereocenters. The number of thiazole rings is 1. The van der Waals surface area contributed by atoms with E-state index in [0.717, 1.165) is 54.8 Å². The number of hydrazone groups is 1. The van der Waals surface area contributed by atoms with E-state index in [9.17, 15) is 4.79 Å². The van der Waals surface area contributed by atoms with Gasteiger partial charge >= 0.3 is 0 Å². The minimum absolute atomic E-state index is 0.0157. The number of anilines is 1. The predicted molar refractivity (Wildman–Crippen MR) is 126 cm³/mol. The zero-order chi connectivity index (χ0) is 21.9. The van der Waals surface area contributed by atoms with Crippen LogP contribution < -0.4 is 4.90 Å². The van der Waals surface area contributed by atoms with Crippen LogP contribution in [0, 0.1) is 0 Å². The van der Waals surface area contributed by atoms with E-state index in [1.807, 2.05) is 48.0 Å². The van der Waals surface area contributed by atoms with E-state index in [0.29, 0.717) is 18.0 Å². The van der Waals surface area contributed by atoms with Gasteiger partial charge in [0.05, 0.1) is 18.5 Å². The Kier molecular flexibility index (Phi) is 6.25. The number of halogens is 1. The molecule has 1 atom stereocenters. The summed E-state index contributed by atoms with van der Waals surface area (Å²) >= 11 is 7.70. The topological polar surface area (TPSA) is 65.2 Å². The third-order valence-corrected chi connectivity index (χ3v) is 6.94. The summed E-state index contributed by atoms with van der Waals surface area (Å²) in [6.07, 6.45) is 5.08. The van der Waals surface area contributed by atoms with Gasteiger partial charge in [-0.05, 0) is 36.2 Å². The fraction of sp³-hybridized carbons (Fsp3) is 0.348. The van der Waals surface area contributed by atoms with Gasteiger partial charge < -0.3 is 9.32 Å². The number of rotatable bonds is 5. The molecule has 0 radical (unpaired) electrons. The first kappa shape index (κ1) is 21.2. The summed E-state index contributed by atoms with van der Waals surface area (Å²) in [7, 11) is 0. The van der Waals surface area contributed by atoms with Crippen LogP contribution >= 0.6 is 22.9 Å². The van der Waals surface area contributed by atoms with Crippen molar-refractivity contribution in [2.75, 3.05) is 37.6 Å². The molecule has 2 aliphatic rings. The Balaban J connectivity index is 1.30. The van der Waals surface area contributed by atoms with E-state index in [-0.39, 0.29) is 11.9 Å². The van der Waals surface area contributed by atoms with Crippen LogP contribution in [0.2, 0.25) is 5.02 Å². The molecule has 1 fully saturated rings. The van der Waals surface area contributed by atoms with Crippen LogP contribution in [-0.2, 0) is 4.79 Å². The molecule has 1 amide bonds. The van der Waals surface area contributed by atoms with Gasteiger partial charge in [0.15, 0.2) is 5.13 Å². The Hall–Kier alpha value is -2.68. The SMILES string of the molecule is O=C(CN1CCCN(c2nccs2)CC1)N1N=C(c2ccc(Cl)cc2)CC1c1ccco1. The van der Waals surface area contributed by atoms with E-state index in [1.54, 1.807) is 22.6 Å². The molecule has 9 heteroatoms. The second kappa shape index (κ2) is 9.44. The monoisotopic (exact) mass is 469 g/mol. The lowest BCUT2D eigenvalue weighted by molar-refractivity contribution is -0.134. The van der Waals surface area contributed by atoms with Crippen molar-refractivity contribution in [1.29, 1.82) is 0 Å². The molecule has 7 nitrogen and oxygen atoms in total. The van der Waals surface area contributed by atoms with Crippen molar-refractivity contribution in [2.45, 2.75) is 18.9 Å². The highest BCUT2D eigenvalue weighted by Gasteiger charge is 2.35. The lowest BCUT2D eigenvalue weighted by atomic mass is 10.0. The van der Waals surface area contributed by atoms with Gasteiger partial charge in [-0.15, -0.1) is 11.3 Å². The van der Waals surface area contributed by atoms with E-state index >= 15 is 0 Å². The summed E-state index contributed by atoms with van der Waals surface area (Å²) in [5, 5.41) is 10.1. The largest absolute Gasteiger partial charge is 0.467 e. The number of hydrogen-bond acceptors (Lipinski definition) is 7. The van der Waals surface area contributed by atoms with Gasteiger partial charge in [-0.3, -0.25) is 9.69 Å². The van der Waals surface area contributed by atoms with E-state index in [2.05, 4.69) is 14.8 Å². The van der Waals surface area contributed by atoms with Crippen LogP contribution in [0.15, 0.2) is 63.8 Å². The van der Waals surface area contributed by atoms with Gasteiger partial charge in [0.25, 0.3) is 5.91 Å². The number of carbonyl (C=O) groups excluding carboxylic acids is 1. The van der Waals surface area contributed by atoms with Crippen molar-refractivity contribution < 1.29 is 9.21 Å². The Morgan fingerprint density at radius 3 is 2.78 bits per heavy atom. The molecule has 2 aromatic heterocycles. The van der Waals surface area contributed by atoms with E-state index in [1.165, 1.54) is 0 Å². The van der Waals surface area contributed by atoms with Gasteiger partial charge in [0.2, 0.25) is 0 Å². The Morgan fingerprint density at radius 2 is 2.03 bits per heavy atom. The maximum absolute atomic E-state index is 13.4. The Bertz CT molecular complexity index is 1070. The van der Waals surface area contributed by atoms with Crippen LogP contribution in [0.3, 0.4) is 0 Å². The third kappa shape index (κ3) is 4.57. The number of carbonyl (C=O) groups is 1. The molecule has 0 N–H and O–H groups in total. The number of nitrogens with zero attached hydrogens (tertiary/aromatic N) is 5. The van der Waals surface area contributed by atoms with Gasteiger partial charge in [-0.1, -0.05) is 23.7 Å². The molecule has 32 heavy (non-hydrogen) atoms. The normalized spacial score (nSPS) is 19.8. The second-order valence-electron chi connectivity index (χ2n) is 7.96. The quantitative estimate of drug-likeness (QED) is 0.558. The summed E-state index contributed by atoms with van der Waals surface area (Å²) in [5.41, 5.74) is 1.83. The lowest BCUT2D eigenvalue weighted by Crippen LogP contribution is -2.40. The number of benzene rings is 1. The van der Waals surface area contributed by atoms with Crippen molar-refractivity contribution in [3.8, 4) is 0 Å². The highest BCUT2D eigenvalue weighted by molar-refractivity contribution is 7.13. The standard InChI is InChI=1S/C23H24ClN5O2S/c24-18-6-4-17(5-7-18)19-15-20(21-3-1-13-31-21)29(26-19)22(30)16-27-9-2-10-28(12-11-27)23-25-8-14-32-23/h1,3-8,13-14,20H,2,9-12,15-16H2. The highest BCUT2D eigenvalue weighted by atomic mass is 35.5. The average Bonchev–Trinajstić information content (AvgIpc) is 3.55. The first-order valence-corrected chi connectivity index (χ1v) is 12.0. The molecule has 166 valence electrons. The van der Waals surface area contributed by atoms with Crippen LogP contribution in [0.25, 0.3) is 0 Å². The molecule has 1 aromatic carbocycles. The molecule has 5 rings (SSSR count). The molecule has 2 aliphatic heterocycles. The van der Waals surface area contributed by atoms with Crippen molar-refractivity contribution in [1.82, 2.24) is 14.9 Å². The molecular weight excluding hydrogens is 446 g/mol. The first-order chi connectivity index (χ1) is 15.7. The van der Waals surface area contributed by atoms with Crippen LogP contribution in [0.1, 0.15) is 30.2 Å². The maximum atomic E-state index is 13.4. The zero-order valence-electron chi connectivity index (χ0n) is 17.6. The third-order valence-electron chi connectivity index (χ3n) is 5.85. The minimum atomic E-state index is -0.234. The minimum Gasteiger partial charge on any atom is -0.467 e. The number of hydrogen-bond donors (Lipinski definition) is 0. The van der Waals surface area contributed by atoms with Crippen LogP contribution in [0.5, 0.6) is 0 Å². The highest BCUT2D eigenvalue weighted by Crippen LogP contribution is 2.33. The molecule has 4 heterocycles. The number of furan rings is 1. The molecule has 0 spiro atoms. The summed E-state index contributed by atoms with van der Waals surface area (Å²) in [6.45, 7) is 3.84. The van der Waals surface area contributed by atoms with Crippen molar-refractivity contribution in [2.24, 2.45) is 5.10 Å². The Labute approximate surface area is 195 Å². The first-order valence-electron chi connectivity index (χ1n) is 10.7. The maximum Gasteiger partial charge on any atom is 0.257 e. The van der Waals surface area contributed by atoms with Gasteiger partial charge in [-0.25, -0.2) is 9.99 Å². The van der Waals surface area contributed by atoms with Gasteiger partial charge in [0, 0.05) is 49.2 Å².